The van der Waals surface area contributed by atoms with Crippen LogP contribution in [0.1, 0.15) is 25.3 Å². The molecular weight excluding hydrogens is 245 g/mol. The number of rotatable bonds is 9. The standard InChI is InChI=1S/C15H24FNO2/c1-3-14(18)12-17(9-6-10-19-2)11-13-7-4-5-8-15(13)16/h4-5,7-8,14,18H,3,6,9-12H2,1-2H3/t14-/m1/s1. The highest BCUT2D eigenvalue weighted by Crippen LogP contribution is 2.11. The molecule has 0 fully saturated rings. The molecule has 4 heteroatoms. The van der Waals surface area contributed by atoms with Gasteiger partial charge in [-0.3, -0.25) is 4.90 Å². The molecule has 0 radical (unpaired) electrons. The van der Waals surface area contributed by atoms with E-state index in [1.807, 2.05) is 13.0 Å². The zero-order valence-electron chi connectivity index (χ0n) is 11.8. The van der Waals surface area contributed by atoms with Gasteiger partial charge in [0.25, 0.3) is 0 Å². The molecular formula is C15H24FNO2. The third-order valence-corrected chi connectivity index (χ3v) is 3.11. The average Bonchev–Trinajstić information content (AvgIpc) is 2.41. The smallest absolute Gasteiger partial charge is 0.127 e. The average molecular weight is 269 g/mol. The van der Waals surface area contributed by atoms with Crippen molar-refractivity contribution in [3.05, 3.63) is 35.6 Å². The Morgan fingerprint density at radius 1 is 1.37 bits per heavy atom. The largest absolute Gasteiger partial charge is 0.392 e. The van der Waals surface area contributed by atoms with E-state index in [1.165, 1.54) is 6.07 Å². The minimum absolute atomic E-state index is 0.190. The van der Waals surface area contributed by atoms with Gasteiger partial charge in [-0.1, -0.05) is 25.1 Å². The second-order valence-electron chi connectivity index (χ2n) is 4.73. The van der Waals surface area contributed by atoms with Crippen LogP contribution >= 0.6 is 0 Å². The van der Waals surface area contributed by atoms with E-state index < -0.39 is 0 Å². The maximum atomic E-state index is 13.6. The van der Waals surface area contributed by atoms with Crippen molar-refractivity contribution in [1.29, 1.82) is 0 Å². The first-order chi connectivity index (χ1) is 9.17. The molecule has 0 unspecified atom stereocenters. The fourth-order valence-corrected chi connectivity index (χ4v) is 1.96. The van der Waals surface area contributed by atoms with Crippen molar-refractivity contribution in [2.24, 2.45) is 0 Å². The molecule has 0 heterocycles. The highest BCUT2D eigenvalue weighted by atomic mass is 19.1. The normalized spacial score (nSPS) is 12.9. The number of ether oxygens (including phenoxy) is 1. The van der Waals surface area contributed by atoms with Crippen LogP contribution in [0.2, 0.25) is 0 Å². The highest BCUT2D eigenvalue weighted by Gasteiger charge is 2.12. The Morgan fingerprint density at radius 3 is 2.74 bits per heavy atom. The number of nitrogens with zero attached hydrogens (tertiary/aromatic N) is 1. The lowest BCUT2D eigenvalue weighted by Gasteiger charge is -2.24. The summed E-state index contributed by atoms with van der Waals surface area (Å²) >= 11 is 0. The second kappa shape index (κ2) is 9.02. The molecule has 0 spiro atoms. The molecule has 0 aliphatic carbocycles. The summed E-state index contributed by atoms with van der Waals surface area (Å²) in [6.07, 6.45) is 1.22. The Hall–Kier alpha value is -0.970. The van der Waals surface area contributed by atoms with E-state index in [9.17, 15) is 9.50 Å². The van der Waals surface area contributed by atoms with Crippen molar-refractivity contribution < 1.29 is 14.2 Å². The summed E-state index contributed by atoms with van der Waals surface area (Å²) in [6, 6.07) is 6.78. The van der Waals surface area contributed by atoms with Crippen molar-refractivity contribution in [3.63, 3.8) is 0 Å². The summed E-state index contributed by atoms with van der Waals surface area (Å²) in [5.41, 5.74) is 0.670. The van der Waals surface area contributed by atoms with E-state index in [1.54, 1.807) is 19.2 Å². The van der Waals surface area contributed by atoms with Crippen molar-refractivity contribution >= 4 is 0 Å². The molecule has 1 atom stereocenters. The summed E-state index contributed by atoms with van der Waals surface area (Å²) in [4.78, 5) is 2.08. The van der Waals surface area contributed by atoms with Gasteiger partial charge in [0.1, 0.15) is 5.82 Å². The van der Waals surface area contributed by atoms with Crippen LogP contribution in [-0.4, -0.2) is 42.9 Å². The first kappa shape index (κ1) is 16.1. The number of methoxy groups -OCH3 is 1. The van der Waals surface area contributed by atoms with Crippen LogP contribution in [0, 0.1) is 5.82 Å². The number of benzene rings is 1. The third kappa shape index (κ3) is 6.14. The summed E-state index contributed by atoms with van der Waals surface area (Å²) in [7, 11) is 1.67. The highest BCUT2D eigenvalue weighted by molar-refractivity contribution is 5.17. The lowest BCUT2D eigenvalue weighted by molar-refractivity contribution is 0.0962. The number of aliphatic hydroxyl groups is 1. The second-order valence-corrected chi connectivity index (χ2v) is 4.73. The Balaban J connectivity index is 2.59. The van der Waals surface area contributed by atoms with Crippen molar-refractivity contribution in [3.8, 4) is 0 Å². The van der Waals surface area contributed by atoms with Gasteiger partial charge >= 0.3 is 0 Å². The maximum absolute atomic E-state index is 13.6. The van der Waals surface area contributed by atoms with Crippen LogP contribution in [0.3, 0.4) is 0 Å². The number of halogens is 1. The molecule has 0 aliphatic rings. The molecule has 0 saturated carbocycles. The fraction of sp³-hybridized carbons (Fsp3) is 0.600. The van der Waals surface area contributed by atoms with Crippen molar-refractivity contribution in [2.75, 3.05) is 26.8 Å². The summed E-state index contributed by atoms with van der Waals surface area (Å²) in [5, 5.41) is 9.77. The Bertz CT molecular complexity index is 360. The molecule has 1 rings (SSSR count). The van der Waals surface area contributed by atoms with Gasteiger partial charge in [-0.25, -0.2) is 4.39 Å². The van der Waals surface area contributed by atoms with Gasteiger partial charge in [-0.05, 0) is 18.9 Å². The lowest BCUT2D eigenvalue weighted by Crippen LogP contribution is -2.33. The SMILES string of the molecule is CC[C@@H](O)CN(CCCOC)Cc1ccccc1F. The van der Waals surface area contributed by atoms with Crippen LogP contribution in [-0.2, 0) is 11.3 Å². The first-order valence-electron chi connectivity index (χ1n) is 6.80. The van der Waals surface area contributed by atoms with E-state index in [-0.39, 0.29) is 11.9 Å². The minimum Gasteiger partial charge on any atom is -0.392 e. The summed E-state index contributed by atoms with van der Waals surface area (Å²) in [6.45, 7) is 4.50. The van der Waals surface area contributed by atoms with Crippen LogP contribution < -0.4 is 0 Å². The predicted octanol–water partition coefficient (Wildman–Crippen LogP) is 2.44. The van der Waals surface area contributed by atoms with Crippen molar-refractivity contribution in [2.45, 2.75) is 32.4 Å². The van der Waals surface area contributed by atoms with Crippen LogP contribution in [0.25, 0.3) is 0 Å². The molecule has 3 nitrogen and oxygen atoms in total. The third-order valence-electron chi connectivity index (χ3n) is 3.11. The zero-order chi connectivity index (χ0) is 14.1. The van der Waals surface area contributed by atoms with E-state index in [4.69, 9.17) is 4.74 Å². The molecule has 0 aromatic heterocycles. The van der Waals surface area contributed by atoms with E-state index in [0.717, 1.165) is 13.0 Å². The molecule has 0 aliphatic heterocycles. The number of hydrogen-bond donors (Lipinski definition) is 1. The maximum Gasteiger partial charge on any atom is 0.127 e. The van der Waals surface area contributed by atoms with E-state index in [2.05, 4.69) is 4.90 Å². The summed E-state index contributed by atoms with van der Waals surface area (Å²) < 4.78 is 18.7. The first-order valence-corrected chi connectivity index (χ1v) is 6.80. The van der Waals surface area contributed by atoms with Crippen molar-refractivity contribution in [1.82, 2.24) is 4.90 Å². The monoisotopic (exact) mass is 269 g/mol. The van der Waals surface area contributed by atoms with Gasteiger partial charge in [0.05, 0.1) is 6.10 Å². The zero-order valence-corrected chi connectivity index (χ0v) is 11.8. The number of aliphatic hydroxyl groups excluding tert-OH is 1. The Kier molecular flexibility index (Phi) is 7.63. The van der Waals surface area contributed by atoms with Crippen LogP contribution in [0.4, 0.5) is 4.39 Å². The topological polar surface area (TPSA) is 32.7 Å². The Labute approximate surface area is 115 Å². The molecule has 19 heavy (non-hydrogen) atoms. The molecule has 1 aromatic carbocycles. The molecule has 108 valence electrons. The predicted molar refractivity (Wildman–Crippen MR) is 74.5 cm³/mol. The van der Waals surface area contributed by atoms with Crippen LogP contribution in [0.5, 0.6) is 0 Å². The van der Waals surface area contributed by atoms with Gasteiger partial charge in [0.15, 0.2) is 0 Å². The number of hydrogen-bond acceptors (Lipinski definition) is 3. The van der Waals surface area contributed by atoms with Gasteiger partial charge in [0, 0.05) is 38.9 Å². The van der Waals surface area contributed by atoms with Gasteiger partial charge in [-0.2, -0.15) is 0 Å². The van der Waals surface area contributed by atoms with Gasteiger partial charge < -0.3 is 9.84 Å². The Morgan fingerprint density at radius 2 is 2.11 bits per heavy atom. The molecule has 0 amide bonds. The van der Waals surface area contributed by atoms with Gasteiger partial charge in [0.2, 0.25) is 0 Å². The molecule has 0 bridgehead atoms. The van der Waals surface area contributed by atoms with E-state index >= 15 is 0 Å². The fourth-order valence-electron chi connectivity index (χ4n) is 1.96. The van der Waals surface area contributed by atoms with Crippen LogP contribution in [0.15, 0.2) is 24.3 Å². The van der Waals surface area contributed by atoms with Gasteiger partial charge in [-0.15, -0.1) is 0 Å². The lowest BCUT2D eigenvalue weighted by atomic mass is 10.1. The molecule has 1 aromatic rings. The molecule has 1 N–H and O–H groups in total. The summed E-state index contributed by atoms with van der Waals surface area (Å²) in [5.74, 6) is -0.190. The quantitative estimate of drug-likeness (QED) is 0.699. The molecule has 0 saturated heterocycles. The van der Waals surface area contributed by atoms with E-state index in [0.29, 0.717) is 31.7 Å². The minimum atomic E-state index is -0.366.